The van der Waals surface area contributed by atoms with Crippen LogP contribution in [0.25, 0.3) is 0 Å². The zero-order valence-electron chi connectivity index (χ0n) is 18.2. The Labute approximate surface area is 192 Å². The molecule has 2 amide bonds. The number of ether oxygens (including phenoxy) is 1. The minimum atomic E-state index is -0.327. The fraction of sp³-hybridized carbons (Fsp3) is 0.269. The van der Waals surface area contributed by atoms with E-state index in [1.54, 1.807) is 36.7 Å². The number of amides is 2. The number of hydrogen-bond donors (Lipinski definition) is 2. The van der Waals surface area contributed by atoms with Crippen molar-refractivity contribution in [3.05, 3.63) is 89.7 Å². The number of carbonyl (C=O) groups is 2. The predicted octanol–water partition coefficient (Wildman–Crippen LogP) is 3.50. The van der Waals surface area contributed by atoms with Gasteiger partial charge in [0.2, 0.25) is 5.91 Å². The van der Waals surface area contributed by atoms with Crippen LogP contribution in [0.15, 0.2) is 73.1 Å². The third-order valence-corrected chi connectivity index (χ3v) is 6.49. The average molecular weight is 443 g/mol. The lowest BCUT2D eigenvalue weighted by molar-refractivity contribution is -0.134. The van der Waals surface area contributed by atoms with Crippen LogP contribution in [0, 0.1) is 0 Å². The second-order valence-electron chi connectivity index (χ2n) is 8.48. The highest BCUT2D eigenvalue weighted by atomic mass is 16.5. The molecule has 0 radical (unpaired) electrons. The first-order valence-corrected chi connectivity index (χ1v) is 11.2. The van der Waals surface area contributed by atoms with E-state index < -0.39 is 0 Å². The second-order valence-corrected chi connectivity index (χ2v) is 8.48. The van der Waals surface area contributed by atoms with Crippen molar-refractivity contribution < 1.29 is 14.3 Å². The van der Waals surface area contributed by atoms with Gasteiger partial charge in [-0.25, -0.2) is 0 Å². The summed E-state index contributed by atoms with van der Waals surface area (Å²) < 4.78 is 5.73. The first kappa shape index (κ1) is 21.2. The molecule has 0 saturated carbocycles. The van der Waals surface area contributed by atoms with E-state index in [4.69, 9.17) is 10.5 Å². The number of hydrogen-bond acceptors (Lipinski definition) is 5. The van der Waals surface area contributed by atoms with E-state index in [9.17, 15) is 9.59 Å². The zero-order chi connectivity index (χ0) is 22.8. The highest BCUT2D eigenvalue weighted by molar-refractivity contribution is 6.04. The summed E-state index contributed by atoms with van der Waals surface area (Å²) >= 11 is 0. The molecule has 2 aliphatic rings. The van der Waals surface area contributed by atoms with Crippen molar-refractivity contribution in [3.63, 3.8) is 0 Å². The number of nitrogens with zero attached hydrogens (tertiary/aromatic N) is 2. The number of nitrogens with one attached hydrogen (secondary N) is 1. The maximum Gasteiger partial charge on any atom is 0.255 e. The number of rotatable bonds is 5. The number of anilines is 1. The largest absolute Gasteiger partial charge is 0.492 e. The SMILES string of the molecule is NC(c1ccc(C(=O)Nc2ccncc2)cc1)[C@H]1CCCN1C(=O)[C@@H]1COc2ccccc21. The highest BCUT2D eigenvalue weighted by Gasteiger charge is 2.40. The molecule has 1 fully saturated rings. The van der Waals surface area contributed by atoms with Gasteiger partial charge in [0.05, 0.1) is 12.1 Å². The average Bonchev–Trinajstić information content (AvgIpc) is 3.52. The van der Waals surface area contributed by atoms with Crippen molar-refractivity contribution in [2.75, 3.05) is 18.5 Å². The number of pyridine rings is 1. The van der Waals surface area contributed by atoms with E-state index in [0.29, 0.717) is 24.4 Å². The standard InChI is InChI=1S/C26H26N4O3/c27-24(17-7-9-18(10-8-17)25(31)29-19-11-13-28-14-12-19)22-5-3-15-30(22)26(32)21-16-33-23-6-2-1-4-20(21)23/h1-2,4,6-14,21-22,24H,3,5,15-16,27H2,(H,28,29,31)/t21-,22-,24?/m1/s1. The fourth-order valence-corrected chi connectivity index (χ4v) is 4.72. The summed E-state index contributed by atoms with van der Waals surface area (Å²) in [6.07, 6.45) is 5.03. The smallest absolute Gasteiger partial charge is 0.255 e. The van der Waals surface area contributed by atoms with Crippen molar-refractivity contribution in [3.8, 4) is 5.75 Å². The Morgan fingerprint density at radius 1 is 1.06 bits per heavy atom. The molecule has 7 nitrogen and oxygen atoms in total. The molecule has 7 heteroatoms. The summed E-state index contributed by atoms with van der Waals surface area (Å²) in [7, 11) is 0. The molecule has 3 heterocycles. The normalized spacial score (nSPS) is 20.1. The van der Waals surface area contributed by atoms with Crippen LogP contribution < -0.4 is 15.8 Å². The maximum atomic E-state index is 13.4. The third kappa shape index (κ3) is 4.19. The molecule has 3 aromatic rings. The topological polar surface area (TPSA) is 97.5 Å². The van der Waals surface area contributed by atoms with Crippen LogP contribution in [0.3, 0.4) is 0 Å². The quantitative estimate of drug-likeness (QED) is 0.630. The number of carbonyl (C=O) groups excluding carboxylic acids is 2. The van der Waals surface area contributed by atoms with E-state index in [-0.39, 0.29) is 29.8 Å². The summed E-state index contributed by atoms with van der Waals surface area (Å²) in [5.41, 5.74) is 9.73. The van der Waals surface area contributed by atoms with Crippen molar-refractivity contribution in [1.82, 2.24) is 9.88 Å². The molecule has 0 bridgehead atoms. The maximum absolute atomic E-state index is 13.4. The summed E-state index contributed by atoms with van der Waals surface area (Å²) in [5.74, 6) is 0.384. The van der Waals surface area contributed by atoms with Gasteiger partial charge in [-0.2, -0.15) is 0 Å². The Bertz CT molecular complexity index is 1150. The molecule has 5 rings (SSSR count). The lowest BCUT2D eigenvalue weighted by Crippen LogP contribution is -2.44. The van der Waals surface area contributed by atoms with Crippen LogP contribution in [0.1, 0.15) is 46.3 Å². The lowest BCUT2D eigenvalue weighted by atomic mass is 9.95. The fourth-order valence-electron chi connectivity index (χ4n) is 4.72. The van der Waals surface area contributed by atoms with Crippen LogP contribution in [0.2, 0.25) is 0 Å². The molecule has 168 valence electrons. The summed E-state index contributed by atoms with van der Waals surface area (Å²) in [5, 5.41) is 2.85. The molecule has 3 atom stereocenters. The monoisotopic (exact) mass is 442 g/mol. The van der Waals surface area contributed by atoms with Crippen molar-refractivity contribution >= 4 is 17.5 Å². The predicted molar refractivity (Wildman–Crippen MR) is 125 cm³/mol. The van der Waals surface area contributed by atoms with Crippen LogP contribution in [-0.4, -0.2) is 40.9 Å². The van der Waals surface area contributed by atoms with Crippen LogP contribution in [-0.2, 0) is 4.79 Å². The Morgan fingerprint density at radius 2 is 1.82 bits per heavy atom. The first-order valence-electron chi connectivity index (χ1n) is 11.2. The molecule has 1 unspecified atom stereocenters. The number of fused-ring (bicyclic) bond motifs is 1. The summed E-state index contributed by atoms with van der Waals surface area (Å²) in [6.45, 7) is 1.07. The van der Waals surface area contributed by atoms with Gasteiger partial charge in [0.15, 0.2) is 0 Å². The second kappa shape index (κ2) is 9.03. The first-order chi connectivity index (χ1) is 16.1. The van der Waals surface area contributed by atoms with E-state index in [1.807, 2.05) is 41.3 Å². The number of nitrogens with two attached hydrogens (primary N) is 1. The molecule has 0 aliphatic carbocycles. The number of para-hydroxylation sites is 1. The van der Waals surface area contributed by atoms with E-state index in [1.165, 1.54) is 0 Å². The Morgan fingerprint density at radius 3 is 2.61 bits per heavy atom. The zero-order valence-corrected chi connectivity index (χ0v) is 18.2. The minimum absolute atomic E-state index is 0.0752. The van der Waals surface area contributed by atoms with E-state index in [2.05, 4.69) is 10.3 Å². The molecule has 0 spiro atoms. The van der Waals surface area contributed by atoms with Crippen molar-refractivity contribution in [2.45, 2.75) is 30.8 Å². The van der Waals surface area contributed by atoms with Gasteiger partial charge in [0.25, 0.3) is 5.91 Å². The molecule has 1 aromatic heterocycles. The molecular weight excluding hydrogens is 416 g/mol. The van der Waals surface area contributed by atoms with Crippen molar-refractivity contribution in [1.29, 1.82) is 0 Å². The number of likely N-dealkylation sites (tertiary alicyclic amines) is 1. The number of aromatic nitrogens is 1. The minimum Gasteiger partial charge on any atom is -0.492 e. The summed E-state index contributed by atoms with van der Waals surface area (Å²) in [4.78, 5) is 31.8. The highest BCUT2D eigenvalue weighted by Crippen LogP contribution is 2.37. The van der Waals surface area contributed by atoms with Gasteiger partial charge in [-0.05, 0) is 48.7 Å². The Hall–Kier alpha value is -3.71. The van der Waals surface area contributed by atoms with Crippen LogP contribution >= 0.6 is 0 Å². The van der Waals surface area contributed by atoms with Gasteiger partial charge in [0.1, 0.15) is 18.3 Å². The molecule has 2 aromatic carbocycles. The van der Waals surface area contributed by atoms with Crippen LogP contribution in [0.5, 0.6) is 5.75 Å². The Balaban J connectivity index is 1.28. The third-order valence-electron chi connectivity index (χ3n) is 6.49. The molecule has 33 heavy (non-hydrogen) atoms. The number of benzene rings is 2. The molecular formula is C26H26N4O3. The van der Waals surface area contributed by atoms with Gasteiger partial charge < -0.3 is 20.7 Å². The van der Waals surface area contributed by atoms with Gasteiger partial charge in [-0.15, -0.1) is 0 Å². The van der Waals surface area contributed by atoms with Gasteiger partial charge >= 0.3 is 0 Å². The van der Waals surface area contributed by atoms with Gasteiger partial charge in [-0.3, -0.25) is 14.6 Å². The molecule has 3 N–H and O–H groups in total. The van der Waals surface area contributed by atoms with Crippen LogP contribution in [0.4, 0.5) is 5.69 Å². The van der Waals surface area contributed by atoms with E-state index in [0.717, 1.165) is 29.7 Å². The Kier molecular flexibility index (Phi) is 5.79. The van der Waals surface area contributed by atoms with Gasteiger partial charge in [0, 0.05) is 35.8 Å². The van der Waals surface area contributed by atoms with Crippen molar-refractivity contribution in [2.24, 2.45) is 5.73 Å². The molecule has 1 saturated heterocycles. The lowest BCUT2D eigenvalue weighted by Gasteiger charge is -2.31. The van der Waals surface area contributed by atoms with Gasteiger partial charge in [-0.1, -0.05) is 30.3 Å². The summed E-state index contributed by atoms with van der Waals surface area (Å²) in [6, 6.07) is 18.1. The van der Waals surface area contributed by atoms with E-state index >= 15 is 0 Å². The molecule has 2 aliphatic heterocycles.